The predicted octanol–water partition coefficient (Wildman–Crippen LogP) is 1.57. The van der Waals surface area contributed by atoms with Crippen LogP contribution in [0.3, 0.4) is 0 Å². The van der Waals surface area contributed by atoms with Crippen LogP contribution in [0.1, 0.15) is 19.8 Å². The van der Waals surface area contributed by atoms with Gasteiger partial charge in [-0.25, -0.2) is 0 Å². The molecule has 1 fully saturated rings. The van der Waals surface area contributed by atoms with Gasteiger partial charge in [-0.05, 0) is 24.7 Å². The fraction of sp³-hybridized carbons (Fsp3) is 0.667. The molecule has 0 radical (unpaired) electrons. The van der Waals surface area contributed by atoms with E-state index in [1.165, 1.54) is 5.75 Å². The van der Waals surface area contributed by atoms with E-state index in [1.54, 1.807) is 6.08 Å². The number of allylic oxidation sites excluding steroid dienone is 1. The van der Waals surface area contributed by atoms with Gasteiger partial charge in [-0.1, -0.05) is 13.0 Å². The molecule has 1 saturated heterocycles. The largest absolute Gasteiger partial charge is 0.349 e. The highest BCUT2D eigenvalue weighted by Gasteiger charge is 2.15. The van der Waals surface area contributed by atoms with Gasteiger partial charge in [0.15, 0.2) is 0 Å². The molecule has 0 aromatic heterocycles. The highest BCUT2D eigenvalue weighted by molar-refractivity contribution is 7.99. The van der Waals surface area contributed by atoms with E-state index >= 15 is 0 Å². The molecule has 0 aliphatic carbocycles. The van der Waals surface area contributed by atoms with Gasteiger partial charge in [0.25, 0.3) is 0 Å². The number of nitrogens with one attached hydrogen (secondary N) is 1. The van der Waals surface area contributed by atoms with E-state index < -0.39 is 0 Å². The van der Waals surface area contributed by atoms with Crippen LogP contribution in [0.4, 0.5) is 0 Å². The monoisotopic (exact) mass is 185 g/mol. The van der Waals surface area contributed by atoms with Crippen LogP contribution in [0.15, 0.2) is 12.2 Å². The first-order valence-electron chi connectivity index (χ1n) is 4.37. The Labute approximate surface area is 77.8 Å². The minimum Gasteiger partial charge on any atom is -0.349 e. The Morgan fingerprint density at radius 1 is 1.75 bits per heavy atom. The molecular weight excluding hydrogens is 170 g/mol. The van der Waals surface area contributed by atoms with Gasteiger partial charge in [-0.3, -0.25) is 4.79 Å². The summed E-state index contributed by atoms with van der Waals surface area (Å²) in [5.41, 5.74) is 0. The lowest BCUT2D eigenvalue weighted by Crippen LogP contribution is -2.33. The number of carbonyl (C=O) groups excluding carboxylic acids is 1. The van der Waals surface area contributed by atoms with Gasteiger partial charge >= 0.3 is 0 Å². The number of amides is 1. The maximum Gasteiger partial charge on any atom is 0.243 e. The highest BCUT2D eigenvalue weighted by Crippen LogP contribution is 2.16. The lowest BCUT2D eigenvalue weighted by Gasteiger charge is -2.07. The minimum atomic E-state index is 0.0596. The summed E-state index contributed by atoms with van der Waals surface area (Å²) in [5, 5.41) is 2.97. The Morgan fingerprint density at radius 3 is 3.17 bits per heavy atom. The van der Waals surface area contributed by atoms with Gasteiger partial charge in [0, 0.05) is 11.8 Å². The van der Waals surface area contributed by atoms with Gasteiger partial charge < -0.3 is 5.32 Å². The summed E-state index contributed by atoms with van der Waals surface area (Å²) in [6, 6.07) is 0.406. The number of thioether (sulfide) groups is 1. The zero-order chi connectivity index (χ0) is 8.81. The van der Waals surface area contributed by atoms with E-state index in [4.69, 9.17) is 0 Å². The summed E-state index contributed by atoms with van der Waals surface area (Å²) in [6.07, 6.45) is 5.56. The Balaban J connectivity index is 2.20. The Bertz CT molecular complexity index is 173. The van der Waals surface area contributed by atoms with E-state index in [2.05, 4.69) is 5.32 Å². The van der Waals surface area contributed by atoms with Crippen molar-refractivity contribution in [3.63, 3.8) is 0 Å². The van der Waals surface area contributed by atoms with Crippen LogP contribution in [0.25, 0.3) is 0 Å². The smallest absolute Gasteiger partial charge is 0.243 e. The molecule has 1 unspecified atom stereocenters. The fourth-order valence-corrected chi connectivity index (χ4v) is 2.27. The van der Waals surface area contributed by atoms with E-state index in [0.29, 0.717) is 6.04 Å². The average Bonchev–Trinajstić information content (AvgIpc) is 2.53. The molecule has 1 aliphatic heterocycles. The number of hydrogen-bond donors (Lipinski definition) is 1. The molecule has 2 nitrogen and oxygen atoms in total. The van der Waals surface area contributed by atoms with Crippen LogP contribution in [0.5, 0.6) is 0 Å². The van der Waals surface area contributed by atoms with Crippen molar-refractivity contribution in [1.29, 1.82) is 0 Å². The first-order valence-corrected chi connectivity index (χ1v) is 5.53. The normalized spacial score (nSPS) is 23.2. The van der Waals surface area contributed by atoms with Crippen LogP contribution >= 0.6 is 11.8 Å². The van der Waals surface area contributed by atoms with Crippen LogP contribution in [0, 0.1) is 0 Å². The van der Waals surface area contributed by atoms with Gasteiger partial charge in [0.1, 0.15) is 0 Å². The molecule has 0 aromatic rings. The Kier molecular flexibility index (Phi) is 4.22. The van der Waals surface area contributed by atoms with Crippen molar-refractivity contribution in [2.75, 3.05) is 11.5 Å². The number of rotatable bonds is 3. The molecule has 0 saturated carbocycles. The summed E-state index contributed by atoms with van der Waals surface area (Å²) in [4.78, 5) is 11.2. The Hall–Kier alpha value is -0.440. The third-order valence-electron chi connectivity index (χ3n) is 1.78. The van der Waals surface area contributed by atoms with Crippen LogP contribution < -0.4 is 5.32 Å². The summed E-state index contributed by atoms with van der Waals surface area (Å²) < 4.78 is 0. The molecule has 1 heterocycles. The molecule has 1 atom stereocenters. The van der Waals surface area contributed by atoms with E-state index in [0.717, 1.165) is 18.6 Å². The summed E-state index contributed by atoms with van der Waals surface area (Å²) in [6.45, 7) is 2.02. The molecule has 68 valence electrons. The second kappa shape index (κ2) is 5.25. The molecule has 0 bridgehead atoms. The van der Waals surface area contributed by atoms with E-state index in [1.807, 2.05) is 24.8 Å². The zero-order valence-electron chi connectivity index (χ0n) is 7.38. The van der Waals surface area contributed by atoms with Crippen molar-refractivity contribution in [2.45, 2.75) is 25.8 Å². The van der Waals surface area contributed by atoms with Crippen molar-refractivity contribution < 1.29 is 4.79 Å². The van der Waals surface area contributed by atoms with E-state index in [-0.39, 0.29) is 5.91 Å². The van der Waals surface area contributed by atoms with Crippen LogP contribution in [-0.4, -0.2) is 23.5 Å². The van der Waals surface area contributed by atoms with Crippen molar-refractivity contribution >= 4 is 17.7 Å². The van der Waals surface area contributed by atoms with Crippen molar-refractivity contribution in [3.05, 3.63) is 12.2 Å². The van der Waals surface area contributed by atoms with Crippen molar-refractivity contribution in [3.8, 4) is 0 Å². The lowest BCUT2D eigenvalue weighted by atomic mass is 10.2. The molecule has 0 aromatic carbocycles. The first-order chi connectivity index (χ1) is 5.83. The summed E-state index contributed by atoms with van der Waals surface area (Å²) in [5.74, 6) is 2.32. The van der Waals surface area contributed by atoms with Gasteiger partial charge in [-0.15, -0.1) is 0 Å². The first kappa shape index (κ1) is 9.65. The van der Waals surface area contributed by atoms with Gasteiger partial charge in [0.05, 0.1) is 0 Å². The molecule has 1 amide bonds. The van der Waals surface area contributed by atoms with Gasteiger partial charge in [0.2, 0.25) is 5.91 Å². The standard InChI is InChI=1S/C9H15NOS/c1-2-3-4-9(11)10-8-5-6-12-7-8/h3-4,8H,2,5-7H2,1H3,(H,10,11)/b4-3+. The number of hydrogen-bond acceptors (Lipinski definition) is 2. The molecular formula is C9H15NOS. The van der Waals surface area contributed by atoms with Crippen LogP contribution in [0.2, 0.25) is 0 Å². The molecule has 0 spiro atoms. The maximum absolute atomic E-state index is 11.2. The number of carbonyl (C=O) groups is 1. The second-order valence-electron chi connectivity index (χ2n) is 2.88. The third kappa shape index (κ3) is 3.30. The topological polar surface area (TPSA) is 29.1 Å². The minimum absolute atomic E-state index is 0.0596. The highest BCUT2D eigenvalue weighted by atomic mass is 32.2. The molecule has 3 heteroatoms. The lowest BCUT2D eigenvalue weighted by molar-refractivity contribution is -0.117. The molecule has 1 aliphatic rings. The molecule has 12 heavy (non-hydrogen) atoms. The summed E-state index contributed by atoms with van der Waals surface area (Å²) in [7, 11) is 0. The zero-order valence-corrected chi connectivity index (χ0v) is 8.19. The SMILES string of the molecule is CC/C=C/C(=O)NC1CCSC1. The van der Waals surface area contributed by atoms with Crippen LogP contribution in [-0.2, 0) is 4.79 Å². The van der Waals surface area contributed by atoms with Crippen molar-refractivity contribution in [1.82, 2.24) is 5.32 Å². The second-order valence-corrected chi connectivity index (χ2v) is 4.03. The maximum atomic E-state index is 11.2. The van der Waals surface area contributed by atoms with E-state index in [9.17, 15) is 4.79 Å². The average molecular weight is 185 g/mol. The summed E-state index contributed by atoms with van der Waals surface area (Å²) >= 11 is 1.91. The predicted molar refractivity (Wildman–Crippen MR) is 53.3 cm³/mol. The fourth-order valence-electron chi connectivity index (χ4n) is 1.12. The molecule has 1 N–H and O–H groups in total. The third-order valence-corrected chi connectivity index (χ3v) is 2.94. The van der Waals surface area contributed by atoms with Crippen molar-refractivity contribution in [2.24, 2.45) is 0 Å². The Morgan fingerprint density at radius 2 is 2.58 bits per heavy atom. The quantitative estimate of drug-likeness (QED) is 0.676. The molecule has 1 rings (SSSR count). The van der Waals surface area contributed by atoms with Gasteiger partial charge in [-0.2, -0.15) is 11.8 Å².